The molecular formula is C13H12Cl2N2OS. The number of thiophene rings is 1. The second-order valence-electron chi connectivity index (χ2n) is 3.87. The van der Waals surface area contributed by atoms with E-state index in [-0.39, 0.29) is 12.5 Å². The topological polar surface area (TPSA) is 41.1 Å². The van der Waals surface area contributed by atoms with Crippen LogP contribution in [0.2, 0.25) is 10.0 Å². The summed E-state index contributed by atoms with van der Waals surface area (Å²) >= 11 is 13.4. The molecule has 100 valence electrons. The molecule has 19 heavy (non-hydrogen) atoms. The molecule has 1 aromatic carbocycles. The minimum Gasteiger partial charge on any atom is -0.376 e. The Morgan fingerprint density at radius 2 is 1.95 bits per heavy atom. The van der Waals surface area contributed by atoms with Crippen LogP contribution in [0, 0.1) is 0 Å². The number of amides is 1. The van der Waals surface area contributed by atoms with Gasteiger partial charge in [0.25, 0.3) is 0 Å². The molecule has 1 heterocycles. The zero-order valence-electron chi connectivity index (χ0n) is 9.95. The van der Waals surface area contributed by atoms with Gasteiger partial charge >= 0.3 is 0 Å². The van der Waals surface area contributed by atoms with Crippen LogP contribution in [0.15, 0.2) is 35.7 Å². The number of hydrogen-bond acceptors (Lipinski definition) is 3. The summed E-state index contributed by atoms with van der Waals surface area (Å²) in [5.74, 6) is -0.0792. The number of rotatable bonds is 5. The van der Waals surface area contributed by atoms with Gasteiger partial charge in [-0.15, -0.1) is 11.3 Å². The van der Waals surface area contributed by atoms with Gasteiger partial charge in [0.15, 0.2) is 0 Å². The molecule has 0 unspecified atom stereocenters. The van der Waals surface area contributed by atoms with E-state index < -0.39 is 0 Å². The van der Waals surface area contributed by atoms with Crippen LogP contribution in [0.5, 0.6) is 0 Å². The maximum absolute atomic E-state index is 11.6. The van der Waals surface area contributed by atoms with Crippen molar-refractivity contribution in [2.24, 2.45) is 0 Å². The fraction of sp³-hybridized carbons (Fsp3) is 0.154. The highest BCUT2D eigenvalue weighted by molar-refractivity contribution is 7.09. The van der Waals surface area contributed by atoms with Crippen molar-refractivity contribution in [3.8, 4) is 0 Å². The third-order valence-corrected chi connectivity index (χ3v) is 3.67. The molecule has 0 radical (unpaired) electrons. The van der Waals surface area contributed by atoms with E-state index in [1.54, 1.807) is 29.5 Å². The summed E-state index contributed by atoms with van der Waals surface area (Å²) in [4.78, 5) is 12.8. The van der Waals surface area contributed by atoms with Crippen molar-refractivity contribution in [3.63, 3.8) is 0 Å². The van der Waals surface area contributed by atoms with Crippen molar-refractivity contribution in [2.75, 3.05) is 11.9 Å². The number of carbonyl (C=O) groups excluding carboxylic acids is 1. The molecule has 3 nitrogen and oxygen atoms in total. The molecule has 2 rings (SSSR count). The SMILES string of the molecule is O=C(CNc1cc(Cl)cc(Cl)c1)NCc1cccs1. The lowest BCUT2D eigenvalue weighted by molar-refractivity contribution is -0.119. The molecule has 1 amide bonds. The minimum atomic E-state index is -0.0792. The Hall–Kier alpha value is -1.23. The standard InChI is InChI=1S/C13H12Cl2N2OS/c14-9-4-10(15)6-11(5-9)16-8-13(18)17-7-12-2-1-3-19-12/h1-6,16H,7-8H2,(H,17,18). The van der Waals surface area contributed by atoms with Gasteiger partial charge in [0.2, 0.25) is 5.91 Å². The molecule has 0 aliphatic heterocycles. The minimum absolute atomic E-state index is 0.0792. The Balaban J connectivity index is 1.79. The van der Waals surface area contributed by atoms with Crippen molar-refractivity contribution in [1.82, 2.24) is 5.32 Å². The Labute approximate surface area is 125 Å². The highest BCUT2D eigenvalue weighted by atomic mass is 35.5. The lowest BCUT2D eigenvalue weighted by atomic mass is 10.3. The van der Waals surface area contributed by atoms with Crippen LogP contribution in [0.4, 0.5) is 5.69 Å². The lowest BCUT2D eigenvalue weighted by Crippen LogP contribution is -2.29. The van der Waals surface area contributed by atoms with E-state index in [2.05, 4.69) is 10.6 Å². The van der Waals surface area contributed by atoms with Crippen LogP contribution in [0.1, 0.15) is 4.88 Å². The van der Waals surface area contributed by atoms with Gasteiger partial charge in [0.05, 0.1) is 13.1 Å². The van der Waals surface area contributed by atoms with Gasteiger partial charge in [0, 0.05) is 20.6 Å². The average molecular weight is 315 g/mol. The number of benzene rings is 1. The number of nitrogens with one attached hydrogen (secondary N) is 2. The van der Waals surface area contributed by atoms with Crippen LogP contribution >= 0.6 is 34.5 Å². The highest BCUT2D eigenvalue weighted by Crippen LogP contribution is 2.22. The molecule has 1 aromatic heterocycles. The molecular weight excluding hydrogens is 303 g/mol. The Bertz CT molecular complexity index is 538. The van der Waals surface area contributed by atoms with Gasteiger partial charge < -0.3 is 10.6 Å². The summed E-state index contributed by atoms with van der Waals surface area (Å²) in [7, 11) is 0. The predicted molar refractivity (Wildman–Crippen MR) is 81.1 cm³/mol. The van der Waals surface area contributed by atoms with E-state index >= 15 is 0 Å². The molecule has 2 N–H and O–H groups in total. The molecule has 0 saturated heterocycles. The van der Waals surface area contributed by atoms with Crippen LogP contribution in [0.3, 0.4) is 0 Å². The first-order valence-electron chi connectivity index (χ1n) is 5.62. The third-order valence-electron chi connectivity index (χ3n) is 2.36. The van der Waals surface area contributed by atoms with E-state index in [4.69, 9.17) is 23.2 Å². The van der Waals surface area contributed by atoms with Crippen molar-refractivity contribution in [3.05, 3.63) is 50.6 Å². The molecule has 0 saturated carbocycles. The number of hydrogen-bond donors (Lipinski definition) is 2. The van der Waals surface area contributed by atoms with Gasteiger partial charge in [0.1, 0.15) is 0 Å². The summed E-state index contributed by atoms with van der Waals surface area (Å²) in [6.45, 7) is 0.733. The zero-order chi connectivity index (χ0) is 13.7. The Morgan fingerprint density at radius 1 is 1.21 bits per heavy atom. The summed E-state index contributed by atoms with van der Waals surface area (Å²) < 4.78 is 0. The molecule has 0 atom stereocenters. The lowest BCUT2D eigenvalue weighted by Gasteiger charge is -2.08. The molecule has 0 aliphatic rings. The van der Waals surface area contributed by atoms with Gasteiger partial charge in [-0.3, -0.25) is 4.79 Å². The van der Waals surface area contributed by atoms with Crippen molar-refractivity contribution < 1.29 is 4.79 Å². The normalized spacial score (nSPS) is 10.2. The first kappa shape index (κ1) is 14.2. The molecule has 2 aromatic rings. The van der Waals surface area contributed by atoms with E-state index in [0.717, 1.165) is 10.6 Å². The first-order valence-corrected chi connectivity index (χ1v) is 7.26. The van der Waals surface area contributed by atoms with Crippen LogP contribution in [0.25, 0.3) is 0 Å². The fourth-order valence-electron chi connectivity index (χ4n) is 1.50. The number of carbonyl (C=O) groups is 1. The van der Waals surface area contributed by atoms with E-state index in [1.165, 1.54) is 0 Å². The van der Waals surface area contributed by atoms with E-state index in [1.807, 2.05) is 17.5 Å². The maximum atomic E-state index is 11.6. The van der Waals surface area contributed by atoms with E-state index in [9.17, 15) is 4.79 Å². The van der Waals surface area contributed by atoms with Crippen LogP contribution < -0.4 is 10.6 Å². The molecule has 0 aliphatic carbocycles. The van der Waals surface area contributed by atoms with Gasteiger partial charge in [-0.25, -0.2) is 0 Å². The largest absolute Gasteiger partial charge is 0.376 e. The molecule has 6 heteroatoms. The third kappa shape index (κ3) is 4.74. The van der Waals surface area contributed by atoms with E-state index in [0.29, 0.717) is 16.6 Å². The Kier molecular flexibility index (Phi) is 5.07. The monoisotopic (exact) mass is 314 g/mol. The van der Waals surface area contributed by atoms with Gasteiger partial charge in [-0.2, -0.15) is 0 Å². The Morgan fingerprint density at radius 3 is 2.58 bits per heavy atom. The highest BCUT2D eigenvalue weighted by Gasteiger charge is 2.03. The number of anilines is 1. The fourth-order valence-corrected chi connectivity index (χ4v) is 2.67. The summed E-state index contributed by atoms with van der Waals surface area (Å²) in [5, 5.41) is 8.86. The van der Waals surface area contributed by atoms with Crippen LogP contribution in [-0.2, 0) is 11.3 Å². The second-order valence-corrected chi connectivity index (χ2v) is 5.77. The summed E-state index contributed by atoms with van der Waals surface area (Å²) in [6, 6.07) is 9.03. The summed E-state index contributed by atoms with van der Waals surface area (Å²) in [5.41, 5.74) is 0.726. The molecule has 0 spiro atoms. The van der Waals surface area contributed by atoms with Crippen molar-refractivity contribution >= 4 is 46.1 Å². The molecule has 0 bridgehead atoms. The predicted octanol–water partition coefficient (Wildman–Crippen LogP) is 3.78. The number of halogens is 2. The second kappa shape index (κ2) is 6.80. The average Bonchev–Trinajstić information content (AvgIpc) is 2.86. The smallest absolute Gasteiger partial charge is 0.239 e. The van der Waals surface area contributed by atoms with Gasteiger partial charge in [-0.1, -0.05) is 29.3 Å². The maximum Gasteiger partial charge on any atom is 0.239 e. The summed E-state index contributed by atoms with van der Waals surface area (Å²) in [6.07, 6.45) is 0. The first-order chi connectivity index (χ1) is 9.13. The van der Waals surface area contributed by atoms with Gasteiger partial charge in [-0.05, 0) is 29.6 Å². The van der Waals surface area contributed by atoms with Crippen molar-refractivity contribution in [2.45, 2.75) is 6.54 Å². The van der Waals surface area contributed by atoms with Crippen LogP contribution in [-0.4, -0.2) is 12.5 Å². The van der Waals surface area contributed by atoms with Crippen molar-refractivity contribution in [1.29, 1.82) is 0 Å². The zero-order valence-corrected chi connectivity index (χ0v) is 12.3. The molecule has 0 fully saturated rings. The quantitative estimate of drug-likeness (QED) is 0.881.